The minimum atomic E-state index is -0.849. The number of nitrogens with two attached hydrogens (primary N) is 2. The number of aromatic nitrogens is 1. The number of primary amides is 1. The van der Waals surface area contributed by atoms with Crippen molar-refractivity contribution in [2.24, 2.45) is 11.5 Å². The van der Waals surface area contributed by atoms with Gasteiger partial charge in [-0.05, 0) is 26.0 Å². The first-order valence-corrected chi connectivity index (χ1v) is 5.08. The van der Waals surface area contributed by atoms with E-state index in [1.807, 2.05) is 0 Å². The van der Waals surface area contributed by atoms with Crippen LogP contribution in [0.3, 0.4) is 0 Å². The summed E-state index contributed by atoms with van der Waals surface area (Å²) in [7, 11) is 0. The molecule has 5 N–H and O–H groups in total. The molecule has 5 nitrogen and oxygen atoms in total. The lowest BCUT2D eigenvalue weighted by atomic mass is 10.1. The molecule has 0 aliphatic heterocycles. The highest BCUT2D eigenvalue weighted by atomic mass is 32.1. The average Bonchev–Trinajstić information content (AvgIpc) is 2.17. The molecule has 0 unspecified atom stereocenters. The maximum absolute atomic E-state index is 11.1. The molecule has 0 aliphatic carbocycles. The quantitative estimate of drug-likeness (QED) is 0.660. The lowest BCUT2D eigenvalue weighted by Gasteiger charge is -2.22. The summed E-state index contributed by atoms with van der Waals surface area (Å²) < 4.78 is 0. The second-order valence-corrected chi connectivity index (χ2v) is 4.35. The van der Waals surface area contributed by atoms with Gasteiger partial charge in [-0.25, -0.2) is 4.98 Å². The van der Waals surface area contributed by atoms with Gasteiger partial charge in [0.25, 0.3) is 0 Å². The summed E-state index contributed by atoms with van der Waals surface area (Å²) in [6.07, 6.45) is 1.54. The molecular weight excluding hydrogens is 224 g/mol. The van der Waals surface area contributed by atoms with E-state index in [9.17, 15) is 4.79 Å². The van der Waals surface area contributed by atoms with E-state index < -0.39 is 11.4 Å². The number of nitrogens with zero attached hydrogens (tertiary/aromatic N) is 1. The van der Waals surface area contributed by atoms with Gasteiger partial charge in [-0.1, -0.05) is 12.2 Å². The average molecular weight is 238 g/mol. The molecule has 6 heteroatoms. The number of carbonyl (C=O) groups is 1. The molecule has 0 saturated heterocycles. The van der Waals surface area contributed by atoms with Crippen molar-refractivity contribution in [3.05, 3.63) is 23.9 Å². The fourth-order valence-electron chi connectivity index (χ4n) is 0.995. The third kappa shape index (κ3) is 2.90. The van der Waals surface area contributed by atoms with E-state index in [4.69, 9.17) is 23.7 Å². The summed E-state index contributed by atoms with van der Waals surface area (Å²) in [6, 6.07) is 3.42. The molecule has 0 radical (unpaired) electrons. The molecule has 0 aliphatic rings. The minimum absolute atomic E-state index is 0.285. The fraction of sp³-hybridized carbons (Fsp3) is 0.300. The zero-order valence-corrected chi connectivity index (χ0v) is 9.97. The van der Waals surface area contributed by atoms with Crippen LogP contribution in [-0.2, 0) is 4.79 Å². The lowest BCUT2D eigenvalue weighted by molar-refractivity contribution is -0.121. The van der Waals surface area contributed by atoms with Crippen LogP contribution in [0.15, 0.2) is 18.3 Å². The van der Waals surface area contributed by atoms with Crippen molar-refractivity contribution in [2.45, 2.75) is 19.4 Å². The van der Waals surface area contributed by atoms with Crippen molar-refractivity contribution in [2.75, 3.05) is 5.32 Å². The molecule has 0 atom stereocenters. The number of amides is 1. The predicted molar refractivity (Wildman–Crippen MR) is 67.0 cm³/mol. The number of rotatable bonds is 4. The van der Waals surface area contributed by atoms with Crippen LogP contribution in [0.1, 0.15) is 19.4 Å². The molecule has 86 valence electrons. The van der Waals surface area contributed by atoms with Gasteiger partial charge in [0.15, 0.2) is 0 Å². The Balaban J connectivity index is 2.84. The first kappa shape index (κ1) is 12.4. The SMILES string of the molecule is CC(C)(Nc1ccc(C(N)=S)cn1)C(N)=O. The Hall–Kier alpha value is -1.69. The maximum Gasteiger partial charge on any atom is 0.242 e. The number of pyridine rings is 1. The highest BCUT2D eigenvalue weighted by molar-refractivity contribution is 7.80. The number of hydrogen-bond acceptors (Lipinski definition) is 4. The van der Waals surface area contributed by atoms with E-state index in [-0.39, 0.29) is 4.99 Å². The van der Waals surface area contributed by atoms with Crippen molar-refractivity contribution in [1.29, 1.82) is 0 Å². The molecule has 0 aromatic carbocycles. The highest BCUT2D eigenvalue weighted by Crippen LogP contribution is 2.12. The monoisotopic (exact) mass is 238 g/mol. The summed E-state index contributed by atoms with van der Waals surface area (Å²) in [4.78, 5) is 15.5. The summed E-state index contributed by atoms with van der Waals surface area (Å²) in [5.74, 6) is 0.0940. The molecule has 1 heterocycles. The lowest BCUT2D eigenvalue weighted by Crippen LogP contribution is -2.45. The molecule has 1 aromatic heterocycles. The highest BCUT2D eigenvalue weighted by Gasteiger charge is 2.24. The number of hydrogen-bond donors (Lipinski definition) is 3. The van der Waals surface area contributed by atoms with E-state index in [0.29, 0.717) is 11.4 Å². The molecular formula is C10H14N4OS. The summed E-state index contributed by atoms with van der Waals surface area (Å²) in [5.41, 5.74) is 10.5. The second-order valence-electron chi connectivity index (χ2n) is 3.91. The summed E-state index contributed by atoms with van der Waals surface area (Å²) in [6.45, 7) is 3.36. The zero-order valence-electron chi connectivity index (χ0n) is 9.15. The fourth-order valence-corrected chi connectivity index (χ4v) is 1.12. The van der Waals surface area contributed by atoms with Crippen LogP contribution in [0.5, 0.6) is 0 Å². The van der Waals surface area contributed by atoms with Gasteiger partial charge < -0.3 is 16.8 Å². The van der Waals surface area contributed by atoms with E-state index >= 15 is 0 Å². The summed E-state index contributed by atoms with van der Waals surface area (Å²) >= 11 is 4.80. The normalized spacial score (nSPS) is 10.9. The first-order valence-electron chi connectivity index (χ1n) is 4.67. The van der Waals surface area contributed by atoms with Crippen LogP contribution < -0.4 is 16.8 Å². The topological polar surface area (TPSA) is 94.0 Å². The van der Waals surface area contributed by atoms with Crippen LogP contribution in [0.4, 0.5) is 5.82 Å². The minimum Gasteiger partial charge on any atom is -0.389 e. The van der Waals surface area contributed by atoms with Crippen molar-refractivity contribution >= 4 is 28.9 Å². The zero-order chi connectivity index (χ0) is 12.3. The smallest absolute Gasteiger partial charge is 0.242 e. The van der Waals surface area contributed by atoms with Crippen molar-refractivity contribution in [1.82, 2.24) is 4.98 Å². The predicted octanol–water partition coefficient (Wildman–Crippen LogP) is 0.392. The van der Waals surface area contributed by atoms with Gasteiger partial charge in [-0.15, -0.1) is 0 Å². The molecule has 1 amide bonds. The van der Waals surface area contributed by atoms with Crippen LogP contribution in [0.25, 0.3) is 0 Å². The van der Waals surface area contributed by atoms with Crippen molar-refractivity contribution < 1.29 is 4.79 Å². The first-order chi connectivity index (χ1) is 7.33. The van der Waals surface area contributed by atoms with Crippen LogP contribution in [0.2, 0.25) is 0 Å². The van der Waals surface area contributed by atoms with Crippen molar-refractivity contribution in [3.63, 3.8) is 0 Å². The van der Waals surface area contributed by atoms with Crippen LogP contribution in [-0.4, -0.2) is 21.4 Å². The second kappa shape index (κ2) is 4.44. The largest absolute Gasteiger partial charge is 0.389 e. The third-order valence-electron chi connectivity index (χ3n) is 2.10. The van der Waals surface area contributed by atoms with Gasteiger partial charge in [0.05, 0.1) is 0 Å². The van der Waals surface area contributed by atoms with Gasteiger partial charge >= 0.3 is 0 Å². The van der Waals surface area contributed by atoms with Gasteiger partial charge in [-0.3, -0.25) is 4.79 Å². The molecule has 0 spiro atoms. The molecule has 0 bridgehead atoms. The molecule has 1 aromatic rings. The Labute approximate surface area is 99.2 Å². The maximum atomic E-state index is 11.1. The van der Waals surface area contributed by atoms with E-state index in [1.54, 1.807) is 32.2 Å². The van der Waals surface area contributed by atoms with E-state index in [2.05, 4.69) is 10.3 Å². The Morgan fingerprint density at radius 3 is 2.44 bits per heavy atom. The molecule has 16 heavy (non-hydrogen) atoms. The molecule has 1 rings (SSSR count). The van der Waals surface area contributed by atoms with Gasteiger partial charge in [0.2, 0.25) is 5.91 Å². The Kier molecular flexibility index (Phi) is 3.44. The Bertz CT molecular complexity index is 413. The van der Waals surface area contributed by atoms with E-state index in [0.717, 1.165) is 0 Å². The van der Waals surface area contributed by atoms with Gasteiger partial charge in [0.1, 0.15) is 16.3 Å². The van der Waals surface area contributed by atoms with E-state index in [1.165, 1.54) is 0 Å². The summed E-state index contributed by atoms with van der Waals surface area (Å²) in [5, 5.41) is 2.91. The van der Waals surface area contributed by atoms with Crippen LogP contribution in [0, 0.1) is 0 Å². The van der Waals surface area contributed by atoms with Crippen LogP contribution >= 0.6 is 12.2 Å². The number of nitrogens with one attached hydrogen (secondary N) is 1. The van der Waals surface area contributed by atoms with Gasteiger partial charge in [-0.2, -0.15) is 0 Å². The van der Waals surface area contributed by atoms with Crippen molar-refractivity contribution in [3.8, 4) is 0 Å². The Morgan fingerprint density at radius 2 is 2.06 bits per heavy atom. The number of thiocarbonyl (C=S) groups is 1. The standard InChI is InChI=1S/C10H14N4OS/c1-10(2,9(12)15)14-7-4-3-6(5-13-7)8(11)16/h3-5H,1-2H3,(H2,11,16)(H2,12,15)(H,13,14). The molecule has 0 fully saturated rings. The Morgan fingerprint density at radius 1 is 1.44 bits per heavy atom. The van der Waals surface area contributed by atoms with Gasteiger partial charge in [0, 0.05) is 11.8 Å². The number of carbonyl (C=O) groups excluding carboxylic acids is 1. The molecule has 0 saturated carbocycles. The number of anilines is 1. The third-order valence-corrected chi connectivity index (χ3v) is 2.34.